The van der Waals surface area contributed by atoms with Crippen molar-refractivity contribution in [1.29, 1.82) is 0 Å². The van der Waals surface area contributed by atoms with Gasteiger partial charge in [-0.05, 0) is 25.1 Å². The van der Waals surface area contributed by atoms with Crippen LogP contribution in [0.15, 0.2) is 0 Å². The number of esters is 1. The third kappa shape index (κ3) is 10.9. The van der Waals surface area contributed by atoms with E-state index in [2.05, 4.69) is 10.7 Å². The first-order valence-corrected chi connectivity index (χ1v) is 5.59. The van der Waals surface area contributed by atoms with E-state index in [4.69, 9.17) is 27.9 Å². The highest BCUT2D eigenvalue weighted by molar-refractivity contribution is 7.80. The minimum absolute atomic E-state index is 0.0747. The Morgan fingerprint density at radius 1 is 1.29 bits per heavy atom. The molecule has 0 aromatic heterocycles. The van der Waals surface area contributed by atoms with E-state index in [1.807, 2.05) is 0 Å². The molecule has 0 aliphatic heterocycles. The van der Waals surface area contributed by atoms with Gasteiger partial charge in [-0.3, -0.25) is 9.59 Å². The predicted octanol–water partition coefficient (Wildman–Crippen LogP) is -0.488. The van der Waals surface area contributed by atoms with Crippen LogP contribution in [0.2, 0.25) is 0 Å². The Kier molecular flexibility index (Phi) is 8.98. The van der Waals surface area contributed by atoms with Crippen molar-refractivity contribution in [3.63, 3.8) is 0 Å². The molecule has 5 N–H and O–H groups in total. The van der Waals surface area contributed by atoms with Gasteiger partial charge in [-0.1, -0.05) is 0 Å². The van der Waals surface area contributed by atoms with Gasteiger partial charge >= 0.3 is 11.9 Å². The highest BCUT2D eigenvalue weighted by atomic mass is 32.1. The first-order valence-electron chi connectivity index (χ1n) is 5.18. The fraction of sp³-hybridized carbons (Fsp3) is 0.667. The summed E-state index contributed by atoms with van der Waals surface area (Å²) in [7, 11) is 0. The smallest absolute Gasteiger partial charge is 0.305 e. The highest BCUT2D eigenvalue weighted by Gasteiger charge is 2.03. The molecule has 7 nitrogen and oxygen atoms in total. The van der Waals surface area contributed by atoms with Gasteiger partial charge in [0, 0.05) is 12.8 Å². The molecule has 0 saturated heterocycles. The van der Waals surface area contributed by atoms with Crippen LogP contribution in [0.1, 0.15) is 25.7 Å². The lowest BCUT2D eigenvalue weighted by Crippen LogP contribution is -2.41. The summed E-state index contributed by atoms with van der Waals surface area (Å²) in [6.45, 7) is 0.573. The van der Waals surface area contributed by atoms with Crippen molar-refractivity contribution < 1.29 is 19.4 Å². The van der Waals surface area contributed by atoms with Crippen LogP contribution in [0, 0.1) is 0 Å². The number of nitrogens with one attached hydrogen (secondary N) is 2. The van der Waals surface area contributed by atoms with E-state index >= 15 is 0 Å². The summed E-state index contributed by atoms with van der Waals surface area (Å²) >= 11 is 4.70. The molecule has 0 fully saturated rings. The number of aliphatic carboxylic acids is 1. The molecule has 0 aromatic carbocycles. The number of ether oxygens (including phenoxy) is 1. The predicted molar refractivity (Wildman–Crippen MR) is 65.0 cm³/mol. The molecule has 0 aliphatic carbocycles. The third-order valence-electron chi connectivity index (χ3n) is 1.80. The fourth-order valence-electron chi connectivity index (χ4n) is 0.998. The first kappa shape index (κ1) is 15.6. The molecular weight excluding hydrogens is 246 g/mol. The average Bonchev–Trinajstić information content (AvgIpc) is 2.29. The minimum Gasteiger partial charge on any atom is -0.481 e. The molecule has 0 rings (SSSR count). The minimum atomic E-state index is -0.856. The lowest BCUT2D eigenvalue weighted by molar-refractivity contribution is -0.144. The molecule has 0 spiro atoms. The van der Waals surface area contributed by atoms with Gasteiger partial charge in [-0.15, -0.1) is 0 Å². The molecule has 0 unspecified atom stereocenters. The number of carboxylic acids is 1. The quantitative estimate of drug-likeness (QED) is 0.152. The summed E-state index contributed by atoms with van der Waals surface area (Å²) < 4.78 is 4.87. The number of unbranched alkanes of at least 4 members (excludes halogenated alkanes) is 1. The van der Waals surface area contributed by atoms with Crippen LogP contribution < -0.4 is 16.6 Å². The molecule has 0 atom stereocenters. The molecule has 0 saturated carbocycles. The van der Waals surface area contributed by atoms with Crippen LogP contribution >= 0.6 is 12.2 Å². The number of carbonyl (C=O) groups excluding carboxylic acids is 1. The largest absolute Gasteiger partial charge is 0.481 e. The topological polar surface area (TPSA) is 114 Å². The maximum Gasteiger partial charge on any atom is 0.305 e. The Bertz CT molecular complexity index is 273. The van der Waals surface area contributed by atoms with Gasteiger partial charge in [0.25, 0.3) is 0 Å². The van der Waals surface area contributed by atoms with Gasteiger partial charge < -0.3 is 20.6 Å². The molecule has 0 aromatic rings. The number of carbonyl (C=O) groups is 2. The molecule has 8 heteroatoms. The molecule has 0 bridgehead atoms. The SMILES string of the molecule is NNC(=S)NCCOC(=O)CCCCC(=O)O. The first-order chi connectivity index (χ1) is 8.06. The lowest BCUT2D eigenvalue weighted by atomic mass is 10.2. The van der Waals surface area contributed by atoms with Gasteiger partial charge in [0.05, 0.1) is 6.54 Å². The zero-order valence-corrected chi connectivity index (χ0v) is 10.2. The van der Waals surface area contributed by atoms with Crippen LogP contribution in [-0.2, 0) is 14.3 Å². The maximum atomic E-state index is 11.1. The maximum absolute atomic E-state index is 11.1. The number of hydrogen-bond acceptors (Lipinski definition) is 5. The van der Waals surface area contributed by atoms with E-state index in [0.717, 1.165) is 0 Å². The van der Waals surface area contributed by atoms with Crippen molar-refractivity contribution in [1.82, 2.24) is 10.7 Å². The van der Waals surface area contributed by atoms with Crippen LogP contribution in [0.5, 0.6) is 0 Å². The van der Waals surface area contributed by atoms with Crippen LogP contribution in [0.4, 0.5) is 0 Å². The molecule has 0 aliphatic rings. The number of hydrogen-bond donors (Lipinski definition) is 4. The second-order valence-corrected chi connectivity index (χ2v) is 3.63. The molecule has 0 heterocycles. The molecule has 0 amide bonds. The highest BCUT2D eigenvalue weighted by Crippen LogP contribution is 2.01. The van der Waals surface area contributed by atoms with E-state index in [9.17, 15) is 9.59 Å². The van der Waals surface area contributed by atoms with Crippen molar-refractivity contribution in [3.8, 4) is 0 Å². The van der Waals surface area contributed by atoms with Crippen molar-refractivity contribution in [2.24, 2.45) is 5.84 Å². The monoisotopic (exact) mass is 263 g/mol. The van der Waals surface area contributed by atoms with Gasteiger partial charge in [-0.2, -0.15) is 0 Å². The summed E-state index contributed by atoms with van der Waals surface area (Å²) in [5, 5.41) is 11.4. The van der Waals surface area contributed by atoms with Gasteiger partial charge in [-0.25, -0.2) is 5.84 Å². The second kappa shape index (κ2) is 9.79. The van der Waals surface area contributed by atoms with Gasteiger partial charge in [0.1, 0.15) is 6.61 Å². The average molecular weight is 263 g/mol. The van der Waals surface area contributed by atoms with Crippen LogP contribution in [0.3, 0.4) is 0 Å². The Morgan fingerprint density at radius 3 is 2.53 bits per heavy atom. The number of thiocarbonyl (C=S) groups is 1. The second-order valence-electron chi connectivity index (χ2n) is 3.22. The summed E-state index contributed by atoms with van der Waals surface area (Å²) in [6.07, 6.45) is 1.29. The summed E-state index contributed by atoms with van der Waals surface area (Å²) in [4.78, 5) is 21.3. The third-order valence-corrected chi connectivity index (χ3v) is 2.07. The Hall–Kier alpha value is -1.41. The summed E-state index contributed by atoms with van der Waals surface area (Å²) in [6, 6.07) is 0. The number of nitrogens with two attached hydrogens (primary N) is 1. The Labute approximate surface area is 105 Å². The normalized spacial score (nSPS) is 9.47. The van der Waals surface area contributed by atoms with E-state index in [1.165, 1.54) is 0 Å². The number of rotatable bonds is 8. The van der Waals surface area contributed by atoms with Crippen molar-refractivity contribution in [2.45, 2.75) is 25.7 Å². The van der Waals surface area contributed by atoms with Crippen molar-refractivity contribution >= 4 is 29.3 Å². The molecule has 17 heavy (non-hydrogen) atoms. The van der Waals surface area contributed by atoms with E-state index < -0.39 is 5.97 Å². The Balaban J connectivity index is 3.35. The summed E-state index contributed by atoms with van der Waals surface area (Å²) in [5.41, 5.74) is 2.23. The molecular formula is C9H17N3O4S. The van der Waals surface area contributed by atoms with Crippen LogP contribution in [-0.4, -0.2) is 35.3 Å². The molecule has 98 valence electrons. The number of hydrazine groups is 1. The number of carboxylic acid groups (broad SMARTS) is 1. The van der Waals surface area contributed by atoms with Gasteiger partial charge in [0.15, 0.2) is 5.11 Å². The molecule has 0 radical (unpaired) electrons. The Morgan fingerprint density at radius 2 is 1.94 bits per heavy atom. The zero-order chi connectivity index (χ0) is 13.1. The van der Waals surface area contributed by atoms with E-state index in [0.29, 0.717) is 19.4 Å². The van der Waals surface area contributed by atoms with Crippen LogP contribution in [0.25, 0.3) is 0 Å². The lowest BCUT2D eigenvalue weighted by Gasteiger charge is -2.07. The van der Waals surface area contributed by atoms with E-state index in [-0.39, 0.29) is 30.5 Å². The van der Waals surface area contributed by atoms with Crippen molar-refractivity contribution in [2.75, 3.05) is 13.2 Å². The fourth-order valence-corrected chi connectivity index (χ4v) is 1.10. The summed E-state index contributed by atoms with van der Waals surface area (Å²) in [5.74, 6) is 3.81. The zero-order valence-electron chi connectivity index (χ0n) is 9.40. The standard InChI is InChI=1S/C9H17N3O4S/c10-12-9(17)11-5-6-16-8(15)4-2-1-3-7(13)14/h1-6,10H2,(H,13,14)(H2,11,12,17). The van der Waals surface area contributed by atoms with E-state index in [1.54, 1.807) is 0 Å². The van der Waals surface area contributed by atoms with Gasteiger partial charge in [0.2, 0.25) is 0 Å². The van der Waals surface area contributed by atoms with Crippen molar-refractivity contribution in [3.05, 3.63) is 0 Å².